The van der Waals surface area contributed by atoms with E-state index in [0.29, 0.717) is 38.5 Å². The van der Waals surface area contributed by atoms with Crippen LogP contribution in [0, 0.1) is 5.92 Å². The third kappa shape index (κ3) is 3.83. The third-order valence-electron chi connectivity index (χ3n) is 6.32. The summed E-state index contributed by atoms with van der Waals surface area (Å²) in [5.41, 5.74) is 1.82. The van der Waals surface area contributed by atoms with Gasteiger partial charge in [-0.3, -0.25) is 14.4 Å². The Morgan fingerprint density at radius 2 is 1.56 bits per heavy atom. The fourth-order valence-electron chi connectivity index (χ4n) is 4.69. The number of nitrogens with zero attached hydrogens (tertiary/aromatic N) is 2. The van der Waals surface area contributed by atoms with Gasteiger partial charge in [0.25, 0.3) is 5.91 Å². The molecule has 2 amide bonds. The molecule has 6 rings (SSSR count). The van der Waals surface area contributed by atoms with Crippen molar-refractivity contribution in [1.82, 2.24) is 0 Å². The summed E-state index contributed by atoms with van der Waals surface area (Å²) in [5.74, 6) is -0.614. The molecule has 180 valence electrons. The molecule has 3 atom stereocenters. The summed E-state index contributed by atoms with van der Waals surface area (Å²) in [6, 6.07) is 24.3. The SMILES string of the molecule is O=C1[C@@H]2[C@H](ON(c3ccccc3)[C@@H]2c2ccc(-c3cc(Cl)ccc3Cl)o2)C(=O)N1c1ccc(Br)cc1. The molecular formula is C27H17BrCl2N2O4. The molecule has 0 saturated carbocycles. The largest absolute Gasteiger partial charge is 0.459 e. The molecule has 1 aromatic heterocycles. The molecule has 2 saturated heterocycles. The number of carbonyl (C=O) groups is 2. The van der Waals surface area contributed by atoms with E-state index < -0.39 is 24.0 Å². The first kappa shape index (κ1) is 23.3. The van der Waals surface area contributed by atoms with Crippen LogP contribution < -0.4 is 9.96 Å². The number of hydroxylamine groups is 1. The van der Waals surface area contributed by atoms with E-state index in [1.165, 1.54) is 4.90 Å². The molecule has 9 heteroatoms. The minimum Gasteiger partial charge on any atom is -0.459 e. The van der Waals surface area contributed by atoms with Crippen LogP contribution in [0.4, 0.5) is 11.4 Å². The number of furan rings is 1. The Bertz CT molecular complexity index is 1470. The van der Waals surface area contributed by atoms with Gasteiger partial charge in [0.1, 0.15) is 23.5 Å². The number of imide groups is 1. The monoisotopic (exact) mass is 582 g/mol. The quantitative estimate of drug-likeness (QED) is 0.240. The van der Waals surface area contributed by atoms with Gasteiger partial charge in [-0.15, -0.1) is 0 Å². The van der Waals surface area contributed by atoms with E-state index in [0.717, 1.165) is 4.47 Å². The summed E-state index contributed by atoms with van der Waals surface area (Å²) in [7, 11) is 0. The zero-order valence-corrected chi connectivity index (χ0v) is 21.6. The molecule has 0 radical (unpaired) electrons. The Morgan fingerprint density at radius 3 is 2.31 bits per heavy atom. The van der Waals surface area contributed by atoms with Crippen molar-refractivity contribution >= 4 is 62.3 Å². The van der Waals surface area contributed by atoms with E-state index >= 15 is 0 Å². The van der Waals surface area contributed by atoms with Gasteiger partial charge in [-0.05, 0) is 66.7 Å². The highest BCUT2D eigenvalue weighted by Gasteiger charge is 2.61. The number of rotatable bonds is 4. The van der Waals surface area contributed by atoms with E-state index in [1.54, 1.807) is 59.7 Å². The summed E-state index contributed by atoms with van der Waals surface area (Å²) in [6.07, 6.45) is -0.991. The summed E-state index contributed by atoms with van der Waals surface area (Å²) in [5, 5.41) is 2.59. The third-order valence-corrected chi connectivity index (χ3v) is 7.42. The summed E-state index contributed by atoms with van der Waals surface area (Å²) in [6.45, 7) is 0. The molecule has 0 unspecified atom stereocenters. The van der Waals surface area contributed by atoms with Crippen LogP contribution in [-0.2, 0) is 14.4 Å². The molecule has 0 N–H and O–H groups in total. The van der Waals surface area contributed by atoms with Gasteiger partial charge in [0.05, 0.1) is 16.4 Å². The van der Waals surface area contributed by atoms with Gasteiger partial charge in [-0.2, -0.15) is 0 Å². The Hall–Kier alpha value is -3.10. The fourth-order valence-corrected chi connectivity index (χ4v) is 5.34. The lowest BCUT2D eigenvalue weighted by molar-refractivity contribution is -0.126. The lowest BCUT2D eigenvalue weighted by Gasteiger charge is -2.27. The number of amides is 2. The highest BCUT2D eigenvalue weighted by Crippen LogP contribution is 2.48. The van der Waals surface area contributed by atoms with E-state index in [1.807, 2.05) is 30.3 Å². The zero-order valence-electron chi connectivity index (χ0n) is 18.5. The maximum absolute atomic E-state index is 13.7. The van der Waals surface area contributed by atoms with Gasteiger partial charge in [0, 0.05) is 15.1 Å². The lowest BCUT2D eigenvalue weighted by Crippen LogP contribution is -2.37. The van der Waals surface area contributed by atoms with Crippen molar-refractivity contribution in [2.24, 2.45) is 5.92 Å². The van der Waals surface area contributed by atoms with Gasteiger partial charge < -0.3 is 4.42 Å². The van der Waals surface area contributed by atoms with Crippen molar-refractivity contribution in [2.75, 3.05) is 9.96 Å². The fraction of sp³-hybridized carbons (Fsp3) is 0.111. The van der Waals surface area contributed by atoms with Gasteiger partial charge in [-0.1, -0.05) is 57.3 Å². The highest BCUT2D eigenvalue weighted by atomic mass is 79.9. The van der Waals surface area contributed by atoms with Crippen LogP contribution in [0.5, 0.6) is 0 Å². The summed E-state index contributed by atoms with van der Waals surface area (Å²) in [4.78, 5) is 34.5. The van der Waals surface area contributed by atoms with Gasteiger partial charge in [-0.25, -0.2) is 9.96 Å². The number of fused-ring (bicyclic) bond motifs is 1. The van der Waals surface area contributed by atoms with Crippen LogP contribution in [0.1, 0.15) is 11.8 Å². The Morgan fingerprint density at radius 1 is 0.806 bits per heavy atom. The first-order chi connectivity index (χ1) is 17.4. The second-order valence-electron chi connectivity index (χ2n) is 8.47. The topological polar surface area (TPSA) is 63.0 Å². The van der Waals surface area contributed by atoms with E-state index in [9.17, 15) is 9.59 Å². The summed E-state index contributed by atoms with van der Waals surface area (Å²) < 4.78 is 7.08. The molecule has 2 aliphatic heterocycles. The molecule has 6 nitrogen and oxygen atoms in total. The number of hydrogen-bond donors (Lipinski definition) is 0. The molecule has 2 fully saturated rings. The van der Waals surface area contributed by atoms with Crippen molar-refractivity contribution in [1.29, 1.82) is 0 Å². The number of halogens is 3. The highest BCUT2D eigenvalue weighted by molar-refractivity contribution is 9.10. The molecule has 0 aliphatic carbocycles. The Kier molecular flexibility index (Phi) is 5.88. The predicted molar refractivity (Wildman–Crippen MR) is 141 cm³/mol. The number of para-hydroxylation sites is 1. The number of hydrogen-bond acceptors (Lipinski definition) is 5. The molecule has 2 aliphatic rings. The molecule has 0 spiro atoms. The minimum atomic E-state index is -0.991. The Labute approximate surface area is 225 Å². The van der Waals surface area contributed by atoms with E-state index in [2.05, 4.69) is 15.9 Å². The van der Waals surface area contributed by atoms with Crippen LogP contribution in [-0.4, -0.2) is 17.9 Å². The van der Waals surface area contributed by atoms with Gasteiger partial charge >= 0.3 is 0 Å². The standard InChI is InChI=1S/C27H17BrCl2N2O4/c28-15-6-9-17(10-7-15)31-26(33)23-24(32(36-25(23)27(31)34)18-4-2-1-3-5-18)22-13-12-21(35-22)19-14-16(29)8-11-20(19)30/h1-14,23-25H/t23-,24+,25-/m0/s1. The van der Waals surface area contributed by atoms with Crippen LogP contribution >= 0.6 is 39.1 Å². The smallest absolute Gasteiger partial charge is 0.266 e. The van der Waals surface area contributed by atoms with Crippen LogP contribution in [0.25, 0.3) is 11.3 Å². The molecule has 36 heavy (non-hydrogen) atoms. The normalized spacial score (nSPS) is 21.4. The van der Waals surface area contributed by atoms with Gasteiger partial charge in [0.15, 0.2) is 6.10 Å². The molecule has 4 aromatic rings. The molecule has 3 aromatic carbocycles. The average Bonchev–Trinajstić information content (AvgIpc) is 3.57. The first-order valence-corrected chi connectivity index (χ1v) is 12.7. The van der Waals surface area contributed by atoms with Crippen molar-refractivity contribution in [3.05, 3.63) is 105 Å². The Balaban J connectivity index is 1.43. The first-order valence-electron chi connectivity index (χ1n) is 11.1. The van der Waals surface area contributed by atoms with E-state index in [-0.39, 0.29) is 5.91 Å². The number of anilines is 2. The van der Waals surface area contributed by atoms with Crippen LogP contribution in [0.15, 0.2) is 93.8 Å². The van der Waals surface area contributed by atoms with Crippen LogP contribution in [0.2, 0.25) is 10.0 Å². The van der Waals surface area contributed by atoms with E-state index in [4.69, 9.17) is 32.5 Å². The van der Waals surface area contributed by atoms with Crippen molar-refractivity contribution in [3.63, 3.8) is 0 Å². The molecule has 0 bridgehead atoms. The minimum absolute atomic E-state index is 0.352. The lowest BCUT2D eigenvalue weighted by atomic mass is 9.94. The zero-order chi connectivity index (χ0) is 25.0. The molecular weight excluding hydrogens is 567 g/mol. The van der Waals surface area contributed by atoms with Crippen molar-refractivity contribution in [3.8, 4) is 11.3 Å². The summed E-state index contributed by atoms with van der Waals surface area (Å²) >= 11 is 16.0. The number of carbonyl (C=O) groups excluding carboxylic acids is 2. The second-order valence-corrected chi connectivity index (χ2v) is 10.2. The second kappa shape index (κ2) is 9.09. The maximum atomic E-state index is 13.7. The number of benzene rings is 3. The maximum Gasteiger partial charge on any atom is 0.266 e. The van der Waals surface area contributed by atoms with Gasteiger partial charge in [0.2, 0.25) is 5.91 Å². The average molecular weight is 584 g/mol. The predicted octanol–water partition coefficient (Wildman–Crippen LogP) is 7.07. The van der Waals surface area contributed by atoms with Crippen LogP contribution in [0.3, 0.4) is 0 Å². The molecule has 3 heterocycles. The van der Waals surface area contributed by atoms with Crippen molar-refractivity contribution in [2.45, 2.75) is 12.1 Å². The van der Waals surface area contributed by atoms with Crippen molar-refractivity contribution < 1.29 is 18.8 Å².